The van der Waals surface area contributed by atoms with Crippen LogP contribution in [0.3, 0.4) is 0 Å². The van der Waals surface area contributed by atoms with Crippen molar-refractivity contribution in [3.05, 3.63) is 23.8 Å². The SMILES string of the molecule is COCCCNC(=O)C(C)Oc1ccc(C=O)cc1OC. The molecule has 1 unspecified atom stereocenters. The lowest BCUT2D eigenvalue weighted by molar-refractivity contribution is -0.127. The van der Waals surface area contributed by atoms with E-state index in [1.165, 1.54) is 7.11 Å². The van der Waals surface area contributed by atoms with Crippen LogP contribution in [0.25, 0.3) is 0 Å². The van der Waals surface area contributed by atoms with Crippen molar-refractivity contribution >= 4 is 12.2 Å². The normalized spacial score (nSPS) is 11.6. The second-order valence-electron chi connectivity index (χ2n) is 4.43. The van der Waals surface area contributed by atoms with Gasteiger partial charge in [-0.2, -0.15) is 0 Å². The van der Waals surface area contributed by atoms with Crippen LogP contribution in [-0.2, 0) is 9.53 Å². The molecule has 0 aliphatic heterocycles. The van der Waals surface area contributed by atoms with Gasteiger partial charge in [-0.15, -0.1) is 0 Å². The maximum Gasteiger partial charge on any atom is 0.260 e. The third-order valence-electron chi connectivity index (χ3n) is 2.82. The molecular weight excluding hydrogens is 274 g/mol. The first-order valence-electron chi connectivity index (χ1n) is 6.69. The van der Waals surface area contributed by atoms with Crippen molar-refractivity contribution in [1.82, 2.24) is 5.32 Å². The molecule has 1 amide bonds. The molecule has 0 aromatic heterocycles. The summed E-state index contributed by atoms with van der Waals surface area (Å²) in [5.41, 5.74) is 0.482. The number of rotatable bonds is 9. The number of carbonyl (C=O) groups is 2. The zero-order valence-electron chi connectivity index (χ0n) is 12.5. The molecule has 6 nitrogen and oxygen atoms in total. The van der Waals surface area contributed by atoms with E-state index in [4.69, 9.17) is 14.2 Å². The Morgan fingerprint density at radius 1 is 1.33 bits per heavy atom. The molecule has 21 heavy (non-hydrogen) atoms. The Kier molecular flexibility index (Phi) is 7.25. The van der Waals surface area contributed by atoms with E-state index in [9.17, 15) is 9.59 Å². The Labute approximate surface area is 124 Å². The standard InChI is InChI=1S/C15H21NO5/c1-11(15(18)16-7-4-8-19-2)21-13-6-5-12(10-17)9-14(13)20-3/h5-6,9-11H,4,7-8H2,1-3H3,(H,16,18). The molecule has 0 spiro atoms. The summed E-state index contributed by atoms with van der Waals surface area (Å²) in [4.78, 5) is 22.6. The number of amides is 1. The van der Waals surface area contributed by atoms with E-state index in [1.54, 1.807) is 32.2 Å². The molecule has 1 rings (SSSR count). The summed E-state index contributed by atoms with van der Waals surface area (Å²) in [7, 11) is 3.09. The van der Waals surface area contributed by atoms with Crippen LogP contribution in [0.4, 0.5) is 0 Å². The topological polar surface area (TPSA) is 73.9 Å². The molecular formula is C15H21NO5. The van der Waals surface area contributed by atoms with Gasteiger partial charge in [0.1, 0.15) is 6.29 Å². The highest BCUT2D eigenvalue weighted by atomic mass is 16.5. The van der Waals surface area contributed by atoms with Crippen molar-refractivity contribution in [3.8, 4) is 11.5 Å². The second-order valence-corrected chi connectivity index (χ2v) is 4.43. The van der Waals surface area contributed by atoms with Gasteiger partial charge < -0.3 is 19.5 Å². The van der Waals surface area contributed by atoms with Gasteiger partial charge in [0.15, 0.2) is 17.6 Å². The molecule has 1 aromatic rings. The number of carbonyl (C=O) groups excluding carboxylic acids is 2. The zero-order chi connectivity index (χ0) is 15.7. The number of benzene rings is 1. The molecule has 6 heteroatoms. The van der Waals surface area contributed by atoms with E-state index in [-0.39, 0.29) is 5.91 Å². The van der Waals surface area contributed by atoms with Gasteiger partial charge in [0.2, 0.25) is 0 Å². The predicted octanol–water partition coefficient (Wildman–Crippen LogP) is 1.43. The van der Waals surface area contributed by atoms with E-state index in [2.05, 4.69) is 5.32 Å². The molecule has 0 saturated heterocycles. The van der Waals surface area contributed by atoms with E-state index in [1.807, 2.05) is 0 Å². The quantitative estimate of drug-likeness (QED) is 0.551. The molecule has 0 heterocycles. The third-order valence-corrected chi connectivity index (χ3v) is 2.82. The highest BCUT2D eigenvalue weighted by Gasteiger charge is 2.16. The summed E-state index contributed by atoms with van der Waals surface area (Å²) in [6.07, 6.45) is 0.799. The number of aldehydes is 1. The van der Waals surface area contributed by atoms with Gasteiger partial charge in [-0.1, -0.05) is 0 Å². The Hall–Kier alpha value is -2.08. The fraction of sp³-hybridized carbons (Fsp3) is 0.467. The summed E-state index contributed by atoms with van der Waals surface area (Å²) in [6.45, 7) is 2.77. The fourth-order valence-corrected chi connectivity index (χ4v) is 1.67. The van der Waals surface area contributed by atoms with Crippen LogP contribution < -0.4 is 14.8 Å². The van der Waals surface area contributed by atoms with Crippen molar-refractivity contribution in [3.63, 3.8) is 0 Å². The van der Waals surface area contributed by atoms with Crippen molar-refractivity contribution < 1.29 is 23.8 Å². The van der Waals surface area contributed by atoms with Crippen LogP contribution in [0.1, 0.15) is 23.7 Å². The van der Waals surface area contributed by atoms with E-state index in [0.717, 1.165) is 12.7 Å². The highest BCUT2D eigenvalue weighted by molar-refractivity contribution is 5.81. The minimum absolute atomic E-state index is 0.215. The van der Waals surface area contributed by atoms with Gasteiger partial charge in [-0.25, -0.2) is 0 Å². The van der Waals surface area contributed by atoms with Crippen molar-refractivity contribution in [2.45, 2.75) is 19.4 Å². The highest BCUT2D eigenvalue weighted by Crippen LogP contribution is 2.28. The first-order valence-corrected chi connectivity index (χ1v) is 6.69. The lowest BCUT2D eigenvalue weighted by Gasteiger charge is -2.16. The maximum absolute atomic E-state index is 11.9. The van der Waals surface area contributed by atoms with Gasteiger partial charge in [-0.05, 0) is 31.5 Å². The Morgan fingerprint density at radius 3 is 2.71 bits per heavy atom. The Balaban J connectivity index is 2.59. The number of hydrogen-bond acceptors (Lipinski definition) is 5. The average molecular weight is 295 g/mol. The molecule has 0 fully saturated rings. The monoisotopic (exact) mass is 295 g/mol. The fourth-order valence-electron chi connectivity index (χ4n) is 1.67. The predicted molar refractivity (Wildman–Crippen MR) is 78.0 cm³/mol. The maximum atomic E-state index is 11.9. The lowest BCUT2D eigenvalue weighted by Crippen LogP contribution is -2.37. The molecule has 1 aromatic carbocycles. The summed E-state index contributed by atoms with van der Waals surface area (Å²) in [5.74, 6) is 0.619. The van der Waals surface area contributed by atoms with E-state index >= 15 is 0 Å². The van der Waals surface area contributed by atoms with Gasteiger partial charge in [-0.3, -0.25) is 9.59 Å². The summed E-state index contributed by atoms with van der Waals surface area (Å²) >= 11 is 0. The lowest BCUT2D eigenvalue weighted by atomic mass is 10.2. The second kappa shape index (κ2) is 8.97. The van der Waals surface area contributed by atoms with Gasteiger partial charge in [0.25, 0.3) is 5.91 Å². The zero-order valence-corrected chi connectivity index (χ0v) is 12.5. The smallest absolute Gasteiger partial charge is 0.260 e. The van der Waals surface area contributed by atoms with Gasteiger partial charge >= 0.3 is 0 Å². The molecule has 1 atom stereocenters. The number of nitrogens with one attached hydrogen (secondary N) is 1. The number of methoxy groups -OCH3 is 2. The first-order chi connectivity index (χ1) is 10.1. The minimum Gasteiger partial charge on any atom is -0.493 e. The van der Waals surface area contributed by atoms with Crippen molar-refractivity contribution in [1.29, 1.82) is 0 Å². The van der Waals surface area contributed by atoms with Gasteiger partial charge in [0.05, 0.1) is 7.11 Å². The molecule has 0 bridgehead atoms. The minimum atomic E-state index is -0.663. The van der Waals surface area contributed by atoms with Crippen LogP contribution in [0, 0.1) is 0 Å². The molecule has 0 saturated carbocycles. The first kappa shape index (κ1) is 17.0. The number of hydrogen-bond donors (Lipinski definition) is 1. The summed E-state index contributed by atoms with van der Waals surface area (Å²) in [5, 5.41) is 2.76. The molecule has 0 radical (unpaired) electrons. The summed E-state index contributed by atoms with van der Waals surface area (Å²) < 4.78 is 15.6. The Morgan fingerprint density at radius 2 is 2.10 bits per heavy atom. The van der Waals surface area contributed by atoms with Crippen LogP contribution in [-0.4, -0.2) is 45.7 Å². The van der Waals surface area contributed by atoms with Crippen molar-refractivity contribution in [2.24, 2.45) is 0 Å². The largest absolute Gasteiger partial charge is 0.493 e. The van der Waals surface area contributed by atoms with Crippen LogP contribution in [0.15, 0.2) is 18.2 Å². The average Bonchev–Trinajstić information content (AvgIpc) is 2.51. The van der Waals surface area contributed by atoms with Crippen LogP contribution in [0.5, 0.6) is 11.5 Å². The van der Waals surface area contributed by atoms with Gasteiger partial charge in [0, 0.05) is 25.8 Å². The molecule has 0 aliphatic carbocycles. The number of ether oxygens (including phenoxy) is 3. The van der Waals surface area contributed by atoms with Crippen LogP contribution in [0.2, 0.25) is 0 Å². The molecule has 0 aliphatic rings. The van der Waals surface area contributed by atoms with E-state index < -0.39 is 6.10 Å². The molecule has 116 valence electrons. The van der Waals surface area contributed by atoms with Crippen molar-refractivity contribution in [2.75, 3.05) is 27.4 Å². The Bertz CT molecular complexity index is 475. The molecule has 1 N–H and O–H groups in total. The summed E-state index contributed by atoms with van der Waals surface area (Å²) in [6, 6.07) is 4.77. The third kappa shape index (κ3) is 5.43. The van der Waals surface area contributed by atoms with E-state index in [0.29, 0.717) is 30.2 Å². The van der Waals surface area contributed by atoms with Crippen LogP contribution >= 0.6 is 0 Å².